The smallest absolute Gasteiger partial charge is 0.265 e. The summed E-state index contributed by atoms with van der Waals surface area (Å²) < 4.78 is 13.7. The fourth-order valence-corrected chi connectivity index (χ4v) is 1.31. The van der Waals surface area contributed by atoms with Crippen molar-refractivity contribution in [1.82, 2.24) is 2.78 Å². The van der Waals surface area contributed by atoms with E-state index in [9.17, 15) is 9.18 Å². The molecule has 0 saturated heterocycles. The van der Waals surface area contributed by atoms with E-state index in [1.165, 1.54) is 8.85 Å². The van der Waals surface area contributed by atoms with Crippen LogP contribution in [0, 0.1) is 12.7 Å². The van der Waals surface area contributed by atoms with Crippen molar-refractivity contribution in [1.29, 1.82) is 0 Å². The van der Waals surface area contributed by atoms with Crippen LogP contribution in [0.3, 0.4) is 0 Å². The lowest BCUT2D eigenvalue weighted by atomic mass is 10.3. The number of nitrogens with zero attached hydrogens (tertiary/aromatic N) is 1. The van der Waals surface area contributed by atoms with Gasteiger partial charge in [0.05, 0.1) is 22.9 Å². The van der Waals surface area contributed by atoms with E-state index in [1.54, 1.807) is 36.0 Å². The summed E-state index contributed by atoms with van der Waals surface area (Å²) in [5, 5.41) is 0. The highest BCUT2D eigenvalue weighted by molar-refractivity contribution is 14.1. The first-order valence-corrected chi connectivity index (χ1v) is 3.62. The van der Waals surface area contributed by atoms with Crippen molar-refractivity contribution in [2.24, 2.45) is 0 Å². The second-order valence-corrected chi connectivity index (χ2v) is 3.02. The topological polar surface area (TPSA) is 22.0 Å². The Bertz CT molecular complexity index is 281. The number of aromatic nitrogens is 1. The average molecular weight is 253 g/mol. The van der Waals surface area contributed by atoms with Gasteiger partial charge in [-0.3, -0.25) is 7.58 Å². The van der Waals surface area contributed by atoms with Crippen LogP contribution >= 0.6 is 22.9 Å². The standard InChI is InChI=1S/C6H5FINO/c1-4-2-5(7)6(10)9(8)3-4/h2-3H,1H3. The first-order valence-electron chi connectivity index (χ1n) is 2.66. The summed E-state index contributed by atoms with van der Waals surface area (Å²) >= 11 is 1.74. The Morgan fingerprint density at radius 3 is 2.80 bits per heavy atom. The lowest BCUT2D eigenvalue weighted by Crippen LogP contribution is -2.15. The summed E-state index contributed by atoms with van der Waals surface area (Å²) in [6.45, 7) is 1.73. The molecule has 10 heavy (non-hydrogen) atoms. The zero-order chi connectivity index (χ0) is 7.72. The minimum atomic E-state index is -0.700. The number of hydrogen-bond donors (Lipinski definition) is 0. The van der Waals surface area contributed by atoms with Crippen molar-refractivity contribution >= 4 is 22.9 Å². The molecule has 0 amide bonds. The molecule has 2 nitrogen and oxygen atoms in total. The molecule has 1 aromatic heterocycles. The summed E-state index contributed by atoms with van der Waals surface area (Å²) in [4.78, 5) is 10.7. The first kappa shape index (κ1) is 7.71. The van der Waals surface area contributed by atoms with Gasteiger partial charge in [0.1, 0.15) is 0 Å². The van der Waals surface area contributed by atoms with Crippen molar-refractivity contribution in [3.63, 3.8) is 0 Å². The van der Waals surface area contributed by atoms with Crippen LogP contribution in [0.25, 0.3) is 0 Å². The van der Waals surface area contributed by atoms with Crippen molar-refractivity contribution in [2.75, 3.05) is 0 Å². The number of halogens is 2. The fourth-order valence-electron chi connectivity index (χ4n) is 0.638. The fraction of sp³-hybridized carbons (Fsp3) is 0.167. The number of hydrogen-bond acceptors (Lipinski definition) is 1. The zero-order valence-electron chi connectivity index (χ0n) is 5.27. The molecular formula is C6H5FINO. The van der Waals surface area contributed by atoms with Crippen molar-refractivity contribution in [2.45, 2.75) is 6.92 Å². The van der Waals surface area contributed by atoms with Gasteiger partial charge in [-0.2, -0.15) is 0 Å². The van der Waals surface area contributed by atoms with Crippen molar-refractivity contribution < 1.29 is 4.39 Å². The highest BCUT2D eigenvalue weighted by atomic mass is 127. The molecular weight excluding hydrogens is 248 g/mol. The predicted octanol–water partition coefficient (Wildman–Crippen LogP) is 1.49. The van der Waals surface area contributed by atoms with Gasteiger partial charge < -0.3 is 0 Å². The maximum absolute atomic E-state index is 12.5. The first-order chi connectivity index (χ1) is 4.61. The van der Waals surface area contributed by atoms with E-state index in [4.69, 9.17) is 0 Å². The van der Waals surface area contributed by atoms with Gasteiger partial charge in [-0.15, -0.1) is 0 Å². The van der Waals surface area contributed by atoms with Gasteiger partial charge in [0.25, 0.3) is 5.56 Å². The van der Waals surface area contributed by atoms with Crippen LogP contribution in [-0.2, 0) is 0 Å². The lowest BCUT2D eigenvalue weighted by Gasteiger charge is -1.95. The van der Waals surface area contributed by atoms with Crippen molar-refractivity contribution in [3.05, 3.63) is 34.0 Å². The SMILES string of the molecule is Cc1cc(F)c(=O)n(I)c1. The molecule has 0 radical (unpaired) electrons. The maximum atomic E-state index is 12.5. The van der Waals surface area contributed by atoms with Gasteiger partial charge in [0, 0.05) is 6.20 Å². The van der Waals surface area contributed by atoms with E-state index < -0.39 is 11.4 Å². The molecule has 1 heterocycles. The van der Waals surface area contributed by atoms with Crippen LogP contribution in [0.15, 0.2) is 17.1 Å². The second kappa shape index (κ2) is 2.69. The monoisotopic (exact) mass is 253 g/mol. The van der Waals surface area contributed by atoms with Crippen molar-refractivity contribution in [3.8, 4) is 0 Å². The van der Waals surface area contributed by atoms with Gasteiger partial charge in [-0.1, -0.05) is 0 Å². The van der Waals surface area contributed by atoms with Crippen LogP contribution in [0.4, 0.5) is 4.39 Å². The highest BCUT2D eigenvalue weighted by Crippen LogP contribution is 1.98. The Balaban J connectivity index is 3.46. The molecule has 0 spiro atoms. The van der Waals surface area contributed by atoms with E-state index in [-0.39, 0.29) is 0 Å². The molecule has 0 aliphatic rings. The largest absolute Gasteiger partial charge is 0.295 e. The van der Waals surface area contributed by atoms with Gasteiger partial charge >= 0.3 is 0 Å². The molecule has 0 saturated carbocycles. The summed E-state index contributed by atoms with van der Waals surface area (Å²) in [5.41, 5.74) is 0.151. The molecule has 0 fully saturated rings. The summed E-state index contributed by atoms with van der Waals surface area (Å²) in [6.07, 6.45) is 1.58. The third-order valence-electron chi connectivity index (χ3n) is 1.07. The quantitative estimate of drug-likeness (QED) is 0.642. The van der Waals surface area contributed by atoms with Crippen LogP contribution in [0.2, 0.25) is 0 Å². The minimum absolute atomic E-state index is 0.591. The van der Waals surface area contributed by atoms with Crippen LogP contribution in [0.5, 0.6) is 0 Å². The van der Waals surface area contributed by atoms with Gasteiger partial charge in [-0.25, -0.2) is 4.39 Å². The molecule has 0 atom stereocenters. The van der Waals surface area contributed by atoms with Crippen LogP contribution in [0.1, 0.15) is 5.56 Å². The number of rotatable bonds is 0. The molecule has 0 aliphatic heterocycles. The number of pyridine rings is 1. The Kier molecular flexibility index (Phi) is 2.08. The molecule has 0 aliphatic carbocycles. The highest BCUT2D eigenvalue weighted by Gasteiger charge is 1.99. The van der Waals surface area contributed by atoms with E-state index in [2.05, 4.69) is 0 Å². The summed E-state index contributed by atoms with van der Waals surface area (Å²) in [6, 6.07) is 1.22. The van der Waals surface area contributed by atoms with E-state index in [0.29, 0.717) is 0 Å². The summed E-state index contributed by atoms with van der Waals surface area (Å²) in [7, 11) is 0. The Morgan fingerprint density at radius 1 is 1.70 bits per heavy atom. The van der Waals surface area contributed by atoms with E-state index in [1.807, 2.05) is 0 Å². The molecule has 54 valence electrons. The second-order valence-electron chi connectivity index (χ2n) is 1.98. The predicted molar refractivity (Wildman–Crippen MR) is 44.8 cm³/mol. The normalized spacial score (nSPS) is 9.90. The molecule has 4 heteroatoms. The Hall–Kier alpha value is -0.390. The minimum Gasteiger partial charge on any atom is -0.265 e. The molecule has 0 N–H and O–H groups in total. The molecule has 0 bridgehead atoms. The van der Waals surface area contributed by atoms with E-state index >= 15 is 0 Å². The number of aryl methyl sites for hydroxylation is 1. The van der Waals surface area contributed by atoms with Crippen LogP contribution < -0.4 is 5.56 Å². The van der Waals surface area contributed by atoms with Gasteiger partial charge in [0.15, 0.2) is 5.82 Å². The van der Waals surface area contributed by atoms with Gasteiger partial charge in [0.2, 0.25) is 0 Å². The van der Waals surface area contributed by atoms with Crippen LogP contribution in [-0.4, -0.2) is 2.78 Å². The molecule has 1 rings (SSSR count). The maximum Gasteiger partial charge on any atom is 0.295 e. The van der Waals surface area contributed by atoms with E-state index in [0.717, 1.165) is 5.56 Å². The lowest BCUT2D eigenvalue weighted by molar-refractivity contribution is 0.605. The third-order valence-corrected chi connectivity index (χ3v) is 1.79. The summed E-state index contributed by atoms with van der Waals surface area (Å²) in [5.74, 6) is -0.700. The molecule has 0 aromatic carbocycles. The zero-order valence-corrected chi connectivity index (χ0v) is 7.42. The van der Waals surface area contributed by atoms with Gasteiger partial charge in [-0.05, 0) is 18.6 Å². The average Bonchev–Trinajstić information content (AvgIpc) is 1.82. The Labute approximate surface area is 71.2 Å². The molecule has 1 aromatic rings. The molecule has 0 unspecified atom stereocenters. The third kappa shape index (κ3) is 1.36. The Morgan fingerprint density at radius 2 is 2.30 bits per heavy atom.